The van der Waals surface area contributed by atoms with E-state index in [1.54, 1.807) is 6.26 Å². The van der Waals surface area contributed by atoms with E-state index in [1.165, 1.54) is 6.26 Å². The Morgan fingerprint density at radius 1 is 0.542 bits per heavy atom. The van der Waals surface area contributed by atoms with E-state index < -0.39 is 0 Å². The maximum atomic E-state index is 5.37. The van der Waals surface area contributed by atoms with Gasteiger partial charge in [0.05, 0.1) is 78.6 Å². The lowest BCUT2D eigenvalue weighted by molar-refractivity contribution is -0.0158. The first-order valence-corrected chi connectivity index (χ1v) is 8.25. The fourth-order valence-electron chi connectivity index (χ4n) is 1.44. The van der Waals surface area contributed by atoms with E-state index in [4.69, 9.17) is 33.2 Å². The van der Waals surface area contributed by atoms with Crippen molar-refractivity contribution >= 4 is 0 Å². The Morgan fingerprint density at radius 3 is 1.21 bits per heavy atom. The minimum absolute atomic E-state index is 0.516. The van der Waals surface area contributed by atoms with E-state index in [0.29, 0.717) is 79.3 Å². The zero-order valence-corrected chi connectivity index (χ0v) is 14.8. The third-order valence-corrected chi connectivity index (χ3v) is 2.53. The molecule has 0 aromatic rings. The highest BCUT2D eigenvalue weighted by Crippen LogP contribution is 1.85. The number of hydrogen-bond donors (Lipinski definition) is 0. The molecular weight excluding hydrogens is 316 g/mol. The predicted octanol–water partition coefficient (Wildman–Crippen LogP) is 1.78. The van der Waals surface area contributed by atoms with Crippen molar-refractivity contribution in [1.29, 1.82) is 0 Å². The minimum atomic E-state index is 0.516. The third-order valence-electron chi connectivity index (χ3n) is 2.53. The Morgan fingerprint density at radius 2 is 0.875 bits per heavy atom. The molecule has 0 spiro atoms. The molecular formula is C17H32O7. The van der Waals surface area contributed by atoms with Crippen molar-refractivity contribution in [2.75, 3.05) is 79.3 Å². The molecule has 0 N–H and O–H groups in total. The Kier molecular flexibility index (Phi) is 20.9. The van der Waals surface area contributed by atoms with Gasteiger partial charge in [0.2, 0.25) is 0 Å². The van der Waals surface area contributed by atoms with Crippen LogP contribution >= 0.6 is 0 Å². The molecule has 0 aliphatic heterocycles. The molecule has 24 heavy (non-hydrogen) atoms. The van der Waals surface area contributed by atoms with Crippen LogP contribution in [0.4, 0.5) is 0 Å². The second kappa shape index (κ2) is 21.9. The summed E-state index contributed by atoms with van der Waals surface area (Å²) in [6.07, 6.45) is 4.88. The molecule has 0 aliphatic rings. The first-order valence-electron chi connectivity index (χ1n) is 8.25. The van der Waals surface area contributed by atoms with Gasteiger partial charge in [-0.15, -0.1) is 0 Å². The van der Waals surface area contributed by atoms with Gasteiger partial charge in [-0.3, -0.25) is 0 Å². The topological polar surface area (TPSA) is 64.6 Å². The van der Waals surface area contributed by atoms with E-state index >= 15 is 0 Å². The molecule has 142 valence electrons. The largest absolute Gasteiger partial charge is 0.499 e. The van der Waals surface area contributed by atoms with Crippen LogP contribution in [0.1, 0.15) is 6.92 Å². The fourth-order valence-corrected chi connectivity index (χ4v) is 1.44. The third kappa shape index (κ3) is 20.9. The second-order valence-electron chi connectivity index (χ2n) is 4.44. The van der Waals surface area contributed by atoms with Gasteiger partial charge in [0.1, 0.15) is 13.2 Å². The molecule has 0 rings (SSSR count). The van der Waals surface area contributed by atoms with Crippen LogP contribution in [-0.2, 0) is 33.2 Å². The smallest absolute Gasteiger partial charge is 0.111 e. The normalized spacial score (nSPS) is 11.0. The summed E-state index contributed by atoms with van der Waals surface area (Å²) in [4.78, 5) is 0. The molecule has 0 aromatic carbocycles. The van der Waals surface area contributed by atoms with Gasteiger partial charge in [-0.05, 0) is 6.92 Å². The Bertz CT molecular complexity index is 272. The summed E-state index contributed by atoms with van der Waals surface area (Å²) in [5, 5.41) is 0. The van der Waals surface area contributed by atoms with E-state index in [9.17, 15) is 0 Å². The Labute approximate surface area is 145 Å². The highest BCUT2D eigenvalue weighted by Gasteiger charge is 1.93. The van der Waals surface area contributed by atoms with Crippen molar-refractivity contribution in [2.45, 2.75) is 6.92 Å². The lowest BCUT2D eigenvalue weighted by Crippen LogP contribution is -2.14. The Hall–Kier alpha value is -1.12. The summed E-state index contributed by atoms with van der Waals surface area (Å²) in [5.41, 5.74) is 0. The lowest BCUT2D eigenvalue weighted by Gasteiger charge is -2.08. The van der Waals surface area contributed by atoms with E-state index in [1.807, 2.05) is 13.0 Å². The van der Waals surface area contributed by atoms with Gasteiger partial charge in [-0.1, -0.05) is 12.7 Å². The zero-order chi connectivity index (χ0) is 17.6. The predicted molar refractivity (Wildman–Crippen MR) is 91.0 cm³/mol. The summed E-state index contributed by atoms with van der Waals surface area (Å²) < 4.78 is 36.7. The molecule has 0 radical (unpaired) electrons. The summed E-state index contributed by atoms with van der Waals surface area (Å²) in [6.45, 7) is 11.9. The second-order valence-corrected chi connectivity index (χ2v) is 4.44. The van der Waals surface area contributed by atoms with Crippen molar-refractivity contribution in [2.24, 2.45) is 0 Å². The van der Waals surface area contributed by atoms with Crippen LogP contribution < -0.4 is 0 Å². The standard InChI is InChI=1S/C17H32O7/c1-3-5-19-8-9-21-12-13-23-16-17-24-15-14-22-11-10-20-7-6-18-4-2/h3-5H,2,6-17H2,1H3. The van der Waals surface area contributed by atoms with Gasteiger partial charge in [-0.2, -0.15) is 0 Å². The Balaban J connectivity index is 2.96. The van der Waals surface area contributed by atoms with Gasteiger partial charge in [0.15, 0.2) is 0 Å². The van der Waals surface area contributed by atoms with Crippen molar-refractivity contribution < 1.29 is 33.2 Å². The molecule has 7 nitrogen and oxygen atoms in total. The molecule has 0 bridgehead atoms. The SMILES string of the molecule is C=COCCOCCOCCOCCOCCOCCOC=CC. The van der Waals surface area contributed by atoms with Crippen LogP contribution in [0.3, 0.4) is 0 Å². The fraction of sp³-hybridized carbons (Fsp3) is 0.765. The van der Waals surface area contributed by atoms with Crippen LogP contribution in [0.2, 0.25) is 0 Å². The lowest BCUT2D eigenvalue weighted by atomic mass is 10.7. The monoisotopic (exact) mass is 348 g/mol. The highest BCUT2D eigenvalue weighted by atomic mass is 16.6. The number of ether oxygens (including phenoxy) is 7. The average Bonchev–Trinajstić information content (AvgIpc) is 2.60. The molecule has 0 unspecified atom stereocenters. The number of rotatable bonds is 20. The maximum absolute atomic E-state index is 5.37. The van der Waals surface area contributed by atoms with Crippen LogP contribution in [0.25, 0.3) is 0 Å². The molecule has 0 heterocycles. The van der Waals surface area contributed by atoms with Crippen LogP contribution in [0.5, 0.6) is 0 Å². The molecule has 7 heteroatoms. The van der Waals surface area contributed by atoms with Gasteiger partial charge in [0.25, 0.3) is 0 Å². The van der Waals surface area contributed by atoms with Crippen LogP contribution in [0, 0.1) is 0 Å². The molecule has 0 atom stereocenters. The van der Waals surface area contributed by atoms with Gasteiger partial charge >= 0.3 is 0 Å². The zero-order valence-electron chi connectivity index (χ0n) is 14.8. The molecule has 0 fully saturated rings. The highest BCUT2D eigenvalue weighted by molar-refractivity contribution is 4.64. The summed E-state index contributed by atoms with van der Waals surface area (Å²) in [5.74, 6) is 0. The van der Waals surface area contributed by atoms with E-state index in [0.717, 1.165) is 0 Å². The van der Waals surface area contributed by atoms with Gasteiger partial charge in [-0.25, -0.2) is 0 Å². The molecule has 0 amide bonds. The van der Waals surface area contributed by atoms with Crippen molar-refractivity contribution in [3.63, 3.8) is 0 Å². The van der Waals surface area contributed by atoms with Crippen molar-refractivity contribution in [1.82, 2.24) is 0 Å². The maximum Gasteiger partial charge on any atom is 0.111 e. The summed E-state index contributed by atoms with van der Waals surface area (Å²) in [6, 6.07) is 0. The first-order chi connectivity index (χ1) is 11.9. The van der Waals surface area contributed by atoms with E-state index in [2.05, 4.69) is 6.58 Å². The van der Waals surface area contributed by atoms with Gasteiger partial charge in [0, 0.05) is 0 Å². The summed E-state index contributed by atoms with van der Waals surface area (Å²) >= 11 is 0. The average molecular weight is 348 g/mol. The number of allylic oxidation sites excluding steroid dienone is 1. The number of hydrogen-bond acceptors (Lipinski definition) is 7. The van der Waals surface area contributed by atoms with E-state index in [-0.39, 0.29) is 0 Å². The van der Waals surface area contributed by atoms with Crippen LogP contribution in [-0.4, -0.2) is 79.3 Å². The van der Waals surface area contributed by atoms with Crippen molar-refractivity contribution in [3.05, 3.63) is 25.2 Å². The molecule has 0 aliphatic carbocycles. The van der Waals surface area contributed by atoms with Gasteiger partial charge < -0.3 is 33.2 Å². The van der Waals surface area contributed by atoms with Crippen molar-refractivity contribution in [3.8, 4) is 0 Å². The molecule has 0 saturated carbocycles. The van der Waals surface area contributed by atoms with Crippen LogP contribution in [0.15, 0.2) is 25.2 Å². The molecule has 0 aromatic heterocycles. The quantitative estimate of drug-likeness (QED) is 0.245. The molecule has 0 saturated heterocycles. The minimum Gasteiger partial charge on any atom is -0.499 e. The summed E-state index contributed by atoms with van der Waals surface area (Å²) in [7, 11) is 0. The first kappa shape index (κ1) is 22.9.